The van der Waals surface area contributed by atoms with Gasteiger partial charge in [0.2, 0.25) is 0 Å². The Balaban J connectivity index is 2.38. The molecule has 0 saturated carbocycles. The summed E-state index contributed by atoms with van der Waals surface area (Å²) in [5, 5.41) is 0. The molecule has 1 rings (SSSR count). The van der Waals surface area contributed by atoms with Gasteiger partial charge in [0.15, 0.2) is 0 Å². The van der Waals surface area contributed by atoms with E-state index in [0.717, 1.165) is 0 Å². The second kappa shape index (κ2) is 8.93. The zero-order valence-electron chi connectivity index (χ0n) is 12.2. The molecule has 0 aliphatic carbocycles. The molecule has 1 nitrogen and oxygen atoms in total. The van der Waals surface area contributed by atoms with Crippen molar-refractivity contribution >= 4 is 8.80 Å². The maximum absolute atomic E-state index is 2.70. The first-order chi connectivity index (χ1) is 8.26. The van der Waals surface area contributed by atoms with E-state index >= 15 is 0 Å². The predicted octanol–water partition coefficient (Wildman–Crippen LogP) is 4.00. The normalized spacial score (nSPS) is 18.9. The van der Waals surface area contributed by atoms with Crippen molar-refractivity contribution in [2.75, 3.05) is 19.6 Å². The summed E-state index contributed by atoms with van der Waals surface area (Å²) in [7, 11) is -0.552. The molecule has 1 fully saturated rings. The number of nitrogens with zero attached hydrogens (tertiary/aromatic N) is 1. The molecule has 0 radical (unpaired) electrons. The van der Waals surface area contributed by atoms with E-state index in [-0.39, 0.29) is 0 Å². The Hall–Kier alpha value is -0.0831. The molecule has 0 unspecified atom stereocenters. The van der Waals surface area contributed by atoms with Gasteiger partial charge in [0.25, 0.3) is 0 Å². The third-order valence-electron chi connectivity index (χ3n) is 3.76. The fraction of sp³-hybridized carbons (Fsp3) is 0.867. The Morgan fingerprint density at radius 3 is 2.18 bits per heavy atom. The molecular formula is C15H31NSi. The van der Waals surface area contributed by atoms with Crippen molar-refractivity contribution in [1.29, 1.82) is 0 Å². The average Bonchev–Trinajstić information content (AvgIpc) is 2.30. The SMILES string of the molecule is CCC[SiH](C=C(C)CN1CCCCC1)CCC. The van der Waals surface area contributed by atoms with E-state index in [2.05, 4.69) is 31.4 Å². The molecule has 2 heteroatoms. The zero-order chi connectivity index (χ0) is 12.5. The maximum Gasteiger partial charge on any atom is 0.0614 e. The highest BCUT2D eigenvalue weighted by Gasteiger charge is 2.11. The lowest BCUT2D eigenvalue weighted by atomic mass is 10.1. The van der Waals surface area contributed by atoms with Crippen molar-refractivity contribution in [3.8, 4) is 0 Å². The van der Waals surface area contributed by atoms with Crippen molar-refractivity contribution in [3.05, 3.63) is 11.3 Å². The smallest absolute Gasteiger partial charge is 0.0614 e. The van der Waals surface area contributed by atoms with Crippen LogP contribution in [0.1, 0.15) is 52.9 Å². The standard InChI is InChI=1S/C15H31NSi/c1-4-11-17(12-5-2)14-15(3)13-16-9-7-6-8-10-16/h14,17H,4-13H2,1-3H3. The number of piperidine rings is 1. The summed E-state index contributed by atoms with van der Waals surface area (Å²) in [6, 6.07) is 3.01. The van der Waals surface area contributed by atoms with Crippen LogP contribution in [0.5, 0.6) is 0 Å². The monoisotopic (exact) mass is 253 g/mol. The minimum absolute atomic E-state index is 0.552. The summed E-state index contributed by atoms with van der Waals surface area (Å²) in [6.07, 6.45) is 7.03. The Morgan fingerprint density at radius 1 is 1.06 bits per heavy atom. The van der Waals surface area contributed by atoms with Gasteiger partial charge in [-0.3, -0.25) is 4.90 Å². The van der Waals surface area contributed by atoms with Crippen LogP contribution >= 0.6 is 0 Å². The van der Waals surface area contributed by atoms with Gasteiger partial charge in [-0.25, -0.2) is 0 Å². The Morgan fingerprint density at radius 2 is 1.65 bits per heavy atom. The van der Waals surface area contributed by atoms with Crippen LogP contribution in [0, 0.1) is 0 Å². The summed E-state index contributed by atoms with van der Waals surface area (Å²) < 4.78 is 0. The van der Waals surface area contributed by atoms with Crippen molar-refractivity contribution in [2.45, 2.75) is 65.0 Å². The van der Waals surface area contributed by atoms with Gasteiger partial charge in [-0.1, -0.05) is 56.5 Å². The third-order valence-corrected chi connectivity index (χ3v) is 7.44. The lowest BCUT2D eigenvalue weighted by Gasteiger charge is -2.27. The van der Waals surface area contributed by atoms with Crippen LogP contribution in [-0.2, 0) is 0 Å². The predicted molar refractivity (Wildman–Crippen MR) is 81.4 cm³/mol. The van der Waals surface area contributed by atoms with E-state index in [1.807, 2.05) is 0 Å². The van der Waals surface area contributed by atoms with Gasteiger partial charge < -0.3 is 0 Å². The largest absolute Gasteiger partial charge is 0.299 e. The van der Waals surface area contributed by atoms with Crippen LogP contribution in [0.25, 0.3) is 0 Å². The minimum atomic E-state index is -0.552. The Labute approximate surface area is 110 Å². The van der Waals surface area contributed by atoms with Crippen molar-refractivity contribution in [1.82, 2.24) is 4.90 Å². The first kappa shape index (κ1) is 15.0. The second-order valence-electron chi connectivity index (χ2n) is 5.69. The molecule has 0 bridgehead atoms. The van der Waals surface area contributed by atoms with Gasteiger partial charge in [0, 0.05) is 6.54 Å². The zero-order valence-corrected chi connectivity index (χ0v) is 13.3. The number of rotatable bonds is 7. The fourth-order valence-corrected chi connectivity index (χ4v) is 5.99. The molecule has 17 heavy (non-hydrogen) atoms. The molecule has 1 saturated heterocycles. The molecule has 100 valence electrons. The van der Waals surface area contributed by atoms with E-state index in [9.17, 15) is 0 Å². The summed E-state index contributed by atoms with van der Waals surface area (Å²) in [5.74, 6) is 0. The summed E-state index contributed by atoms with van der Waals surface area (Å²) in [5.41, 5.74) is 4.35. The first-order valence-electron chi connectivity index (χ1n) is 7.65. The number of likely N-dealkylation sites (tertiary alicyclic amines) is 1. The van der Waals surface area contributed by atoms with Crippen LogP contribution in [-0.4, -0.2) is 33.3 Å². The lowest BCUT2D eigenvalue weighted by Crippen LogP contribution is -2.31. The molecule has 0 aromatic heterocycles. The van der Waals surface area contributed by atoms with Crippen LogP contribution in [0.15, 0.2) is 11.3 Å². The van der Waals surface area contributed by atoms with E-state index in [1.165, 1.54) is 63.8 Å². The Bertz CT molecular complexity index is 213. The molecule has 0 aromatic carbocycles. The van der Waals surface area contributed by atoms with Gasteiger partial charge in [0.05, 0.1) is 8.80 Å². The highest BCUT2D eigenvalue weighted by atomic mass is 28.3. The van der Waals surface area contributed by atoms with E-state index in [0.29, 0.717) is 0 Å². The van der Waals surface area contributed by atoms with Gasteiger partial charge in [-0.15, -0.1) is 0 Å². The molecular weight excluding hydrogens is 222 g/mol. The summed E-state index contributed by atoms with van der Waals surface area (Å²) in [6.45, 7) is 10.9. The highest BCUT2D eigenvalue weighted by Crippen LogP contribution is 2.13. The molecule has 1 heterocycles. The highest BCUT2D eigenvalue weighted by molar-refractivity contribution is 6.64. The molecule has 1 aliphatic heterocycles. The molecule has 1 aliphatic rings. The molecule has 0 atom stereocenters. The van der Waals surface area contributed by atoms with Gasteiger partial charge in [-0.05, 0) is 32.9 Å². The molecule has 0 spiro atoms. The fourth-order valence-electron chi connectivity index (χ4n) is 2.98. The van der Waals surface area contributed by atoms with Gasteiger partial charge >= 0.3 is 0 Å². The number of hydrogen-bond acceptors (Lipinski definition) is 1. The topological polar surface area (TPSA) is 3.24 Å². The third kappa shape index (κ3) is 6.42. The van der Waals surface area contributed by atoms with Crippen molar-refractivity contribution in [3.63, 3.8) is 0 Å². The minimum Gasteiger partial charge on any atom is -0.299 e. The summed E-state index contributed by atoms with van der Waals surface area (Å²) in [4.78, 5) is 2.65. The van der Waals surface area contributed by atoms with E-state index in [1.54, 1.807) is 5.57 Å². The van der Waals surface area contributed by atoms with Gasteiger partial charge in [0.1, 0.15) is 0 Å². The van der Waals surface area contributed by atoms with E-state index < -0.39 is 8.80 Å². The lowest BCUT2D eigenvalue weighted by molar-refractivity contribution is 0.246. The molecule has 0 N–H and O–H groups in total. The van der Waals surface area contributed by atoms with Crippen LogP contribution in [0.4, 0.5) is 0 Å². The van der Waals surface area contributed by atoms with Gasteiger partial charge in [-0.2, -0.15) is 0 Å². The Kier molecular flexibility index (Phi) is 7.87. The molecule has 0 aromatic rings. The van der Waals surface area contributed by atoms with Crippen LogP contribution in [0.2, 0.25) is 12.1 Å². The summed E-state index contributed by atoms with van der Waals surface area (Å²) >= 11 is 0. The first-order valence-corrected chi connectivity index (χ1v) is 9.95. The number of hydrogen-bond donors (Lipinski definition) is 0. The van der Waals surface area contributed by atoms with Crippen molar-refractivity contribution in [2.24, 2.45) is 0 Å². The molecule has 0 amide bonds. The van der Waals surface area contributed by atoms with Crippen molar-refractivity contribution < 1.29 is 0 Å². The van der Waals surface area contributed by atoms with Crippen LogP contribution in [0.3, 0.4) is 0 Å². The quantitative estimate of drug-likeness (QED) is 0.620. The second-order valence-corrected chi connectivity index (χ2v) is 8.70. The van der Waals surface area contributed by atoms with E-state index in [4.69, 9.17) is 0 Å². The van der Waals surface area contributed by atoms with Crippen LogP contribution < -0.4 is 0 Å². The maximum atomic E-state index is 2.70. The average molecular weight is 254 g/mol.